The second-order valence-electron chi connectivity index (χ2n) is 5.92. The lowest BCUT2D eigenvalue weighted by Gasteiger charge is -2.22. The van der Waals surface area contributed by atoms with Crippen molar-refractivity contribution in [2.45, 2.75) is 32.7 Å². The van der Waals surface area contributed by atoms with E-state index in [9.17, 15) is 23.2 Å². The summed E-state index contributed by atoms with van der Waals surface area (Å²) < 4.78 is 33.7. The molecule has 1 aliphatic heterocycles. The van der Waals surface area contributed by atoms with Gasteiger partial charge in [-0.2, -0.15) is 0 Å². The molecule has 1 aromatic carbocycles. The van der Waals surface area contributed by atoms with Crippen LogP contribution in [0.3, 0.4) is 0 Å². The van der Waals surface area contributed by atoms with Gasteiger partial charge >= 0.3 is 5.97 Å². The van der Waals surface area contributed by atoms with Gasteiger partial charge < -0.3 is 15.0 Å². The zero-order valence-corrected chi connectivity index (χ0v) is 15.2. The van der Waals surface area contributed by atoms with Crippen LogP contribution < -0.4 is 10.2 Å². The molecule has 0 saturated carbocycles. The normalized spacial score (nSPS) is 16.5. The number of hydrogen-bond acceptors (Lipinski definition) is 5. The molecule has 1 atom stereocenters. The molecule has 0 aliphatic carbocycles. The molecule has 0 bridgehead atoms. The van der Waals surface area contributed by atoms with Crippen molar-refractivity contribution in [2.75, 3.05) is 24.6 Å². The molecule has 26 heavy (non-hydrogen) atoms. The first-order valence-electron chi connectivity index (χ1n) is 8.12. The van der Waals surface area contributed by atoms with Gasteiger partial charge in [0.25, 0.3) is 0 Å². The second-order valence-corrected chi connectivity index (χ2v) is 6.30. The van der Waals surface area contributed by atoms with Gasteiger partial charge in [-0.15, -0.1) is 0 Å². The number of nitrogens with one attached hydrogen (secondary N) is 1. The van der Waals surface area contributed by atoms with Crippen LogP contribution in [0.25, 0.3) is 0 Å². The average molecular weight is 389 g/mol. The Kier molecular flexibility index (Phi) is 6.52. The Morgan fingerprint density at radius 2 is 2.08 bits per heavy atom. The number of ketones is 1. The summed E-state index contributed by atoms with van der Waals surface area (Å²) in [6.45, 7) is 3.66. The third-order valence-corrected chi connectivity index (χ3v) is 4.30. The molecular weight excluding hydrogens is 370 g/mol. The highest BCUT2D eigenvalue weighted by molar-refractivity contribution is 6.34. The summed E-state index contributed by atoms with van der Waals surface area (Å²) >= 11 is 5.97. The number of hydrogen-bond donors (Lipinski definition) is 1. The molecule has 0 radical (unpaired) electrons. The van der Waals surface area contributed by atoms with Crippen LogP contribution >= 0.6 is 11.6 Å². The van der Waals surface area contributed by atoms with E-state index in [2.05, 4.69) is 10.1 Å². The summed E-state index contributed by atoms with van der Waals surface area (Å²) in [5, 5.41) is 2.19. The van der Waals surface area contributed by atoms with E-state index in [0.717, 1.165) is 6.07 Å². The van der Waals surface area contributed by atoms with Gasteiger partial charge in [-0.3, -0.25) is 14.4 Å². The fourth-order valence-corrected chi connectivity index (χ4v) is 3.20. The Labute approximate surface area is 154 Å². The summed E-state index contributed by atoms with van der Waals surface area (Å²) in [5.41, 5.74) is -0.758. The molecule has 1 amide bonds. The topological polar surface area (TPSA) is 75.7 Å². The molecule has 1 N–H and O–H groups in total. The van der Waals surface area contributed by atoms with Crippen molar-refractivity contribution in [1.29, 1.82) is 0 Å². The van der Waals surface area contributed by atoms with Crippen LogP contribution in [-0.2, 0) is 14.3 Å². The minimum Gasteiger partial charge on any atom is -0.466 e. The van der Waals surface area contributed by atoms with E-state index < -0.39 is 40.4 Å². The number of halogens is 3. The van der Waals surface area contributed by atoms with Crippen molar-refractivity contribution in [3.05, 3.63) is 28.3 Å². The molecule has 2 rings (SSSR count). The van der Waals surface area contributed by atoms with Gasteiger partial charge in [0.1, 0.15) is 17.3 Å². The summed E-state index contributed by atoms with van der Waals surface area (Å²) in [5.74, 6) is -3.90. The molecule has 0 aromatic heterocycles. The number of carbonyl (C=O) groups excluding carboxylic acids is 3. The largest absolute Gasteiger partial charge is 0.466 e. The fourth-order valence-electron chi connectivity index (χ4n) is 2.89. The Balaban J connectivity index is 2.24. The van der Waals surface area contributed by atoms with Gasteiger partial charge in [-0.1, -0.05) is 11.6 Å². The quantitative estimate of drug-likeness (QED) is 0.350. The average Bonchev–Trinajstić information content (AvgIpc) is 2.98. The highest BCUT2D eigenvalue weighted by Gasteiger charge is 2.30. The monoisotopic (exact) mass is 388 g/mol. The third-order valence-electron chi connectivity index (χ3n) is 3.96. The molecule has 1 aromatic rings. The number of rotatable bonds is 6. The smallest absolute Gasteiger partial charge is 0.313 e. The van der Waals surface area contributed by atoms with E-state index in [1.807, 2.05) is 0 Å². The van der Waals surface area contributed by atoms with Gasteiger partial charge in [0.15, 0.2) is 11.6 Å². The maximum atomic E-state index is 14.5. The van der Waals surface area contributed by atoms with Gasteiger partial charge in [0, 0.05) is 26.1 Å². The fraction of sp³-hybridized carbons (Fsp3) is 0.471. The van der Waals surface area contributed by atoms with Crippen LogP contribution in [0.1, 0.15) is 37.0 Å². The molecule has 1 saturated heterocycles. The van der Waals surface area contributed by atoms with Crippen LogP contribution in [-0.4, -0.2) is 43.4 Å². The molecule has 0 spiro atoms. The lowest BCUT2D eigenvalue weighted by Crippen LogP contribution is -2.35. The van der Waals surface area contributed by atoms with Crippen molar-refractivity contribution in [1.82, 2.24) is 5.32 Å². The van der Waals surface area contributed by atoms with Crippen LogP contribution in [0.4, 0.5) is 14.5 Å². The summed E-state index contributed by atoms with van der Waals surface area (Å²) in [6, 6.07) is 0.542. The number of nitrogens with zero attached hydrogens (tertiary/aromatic N) is 1. The molecule has 1 fully saturated rings. The lowest BCUT2D eigenvalue weighted by atomic mass is 10.1. The van der Waals surface area contributed by atoms with Crippen molar-refractivity contribution in [3.8, 4) is 0 Å². The molecule has 6 nitrogen and oxygen atoms in total. The van der Waals surface area contributed by atoms with Crippen molar-refractivity contribution < 1.29 is 27.9 Å². The summed E-state index contributed by atoms with van der Waals surface area (Å²) in [4.78, 5) is 36.0. The summed E-state index contributed by atoms with van der Waals surface area (Å²) in [7, 11) is 0. The molecule has 1 aliphatic rings. The Morgan fingerprint density at radius 1 is 1.38 bits per heavy atom. The first kappa shape index (κ1) is 20.1. The number of benzene rings is 1. The van der Waals surface area contributed by atoms with E-state index in [4.69, 9.17) is 11.6 Å². The highest BCUT2D eigenvalue weighted by atomic mass is 35.5. The zero-order valence-electron chi connectivity index (χ0n) is 14.4. The summed E-state index contributed by atoms with van der Waals surface area (Å²) in [6.07, 6.45) is -0.144. The van der Waals surface area contributed by atoms with Crippen LogP contribution in [0.5, 0.6) is 0 Å². The first-order chi connectivity index (χ1) is 12.2. The Hall–Kier alpha value is -2.22. The number of carbonyl (C=O) groups is 3. The SMILES string of the molecule is CCOC(=O)CC(=O)c1cc(F)c(N2CCC(NC(C)=O)C2)c(Cl)c1F. The molecule has 142 valence electrons. The number of anilines is 1. The lowest BCUT2D eigenvalue weighted by molar-refractivity contribution is -0.142. The number of Topliss-reactive ketones (excluding diaryl/α,β-unsaturated/α-hetero) is 1. The zero-order chi connectivity index (χ0) is 19.4. The van der Waals surface area contributed by atoms with Crippen molar-refractivity contribution in [2.24, 2.45) is 0 Å². The Morgan fingerprint density at radius 3 is 2.69 bits per heavy atom. The minimum atomic E-state index is -1.08. The van der Waals surface area contributed by atoms with E-state index in [1.165, 1.54) is 11.8 Å². The van der Waals surface area contributed by atoms with Crippen LogP contribution in [0.2, 0.25) is 5.02 Å². The Bertz CT molecular complexity index is 742. The minimum absolute atomic E-state index is 0.0765. The van der Waals surface area contributed by atoms with Gasteiger partial charge in [0.2, 0.25) is 5.91 Å². The maximum Gasteiger partial charge on any atom is 0.313 e. The molecule has 1 heterocycles. The predicted octanol–water partition coefficient (Wildman–Crippen LogP) is 2.47. The van der Waals surface area contributed by atoms with Crippen LogP contribution in [0, 0.1) is 11.6 Å². The maximum absolute atomic E-state index is 14.5. The standard InChI is InChI=1S/C17H19ClF2N2O4/c1-3-26-14(25)7-13(24)11-6-12(19)17(15(18)16(11)20)22-5-4-10(8-22)21-9(2)23/h6,10H,3-5,7-8H2,1-2H3,(H,21,23). The van der Waals surface area contributed by atoms with Crippen molar-refractivity contribution in [3.63, 3.8) is 0 Å². The second kappa shape index (κ2) is 8.44. The molecule has 1 unspecified atom stereocenters. The third kappa shape index (κ3) is 4.49. The van der Waals surface area contributed by atoms with E-state index in [-0.39, 0.29) is 30.8 Å². The van der Waals surface area contributed by atoms with Gasteiger partial charge in [-0.05, 0) is 19.4 Å². The predicted molar refractivity (Wildman–Crippen MR) is 91.4 cm³/mol. The number of esters is 1. The van der Waals surface area contributed by atoms with Gasteiger partial charge in [0.05, 0.1) is 17.9 Å². The van der Waals surface area contributed by atoms with Gasteiger partial charge in [-0.25, -0.2) is 8.78 Å². The molecule has 9 heteroatoms. The van der Waals surface area contributed by atoms with Crippen molar-refractivity contribution >= 4 is 34.9 Å². The number of amides is 1. The van der Waals surface area contributed by atoms with E-state index >= 15 is 0 Å². The highest BCUT2D eigenvalue weighted by Crippen LogP contribution is 2.35. The van der Waals surface area contributed by atoms with E-state index in [0.29, 0.717) is 13.0 Å². The first-order valence-corrected chi connectivity index (χ1v) is 8.50. The molecular formula is C17H19ClF2N2O4. The number of ether oxygens (including phenoxy) is 1. The van der Waals surface area contributed by atoms with E-state index in [1.54, 1.807) is 6.92 Å². The van der Waals surface area contributed by atoms with Crippen LogP contribution in [0.15, 0.2) is 6.07 Å².